The second-order valence-corrected chi connectivity index (χ2v) is 6.09. The minimum atomic E-state index is -0.612. The summed E-state index contributed by atoms with van der Waals surface area (Å²) in [6.45, 7) is 1.93. The van der Waals surface area contributed by atoms with E-state index in [1.165, 1.54) is 11.3 Å². The Morgan fingerprint density at radius 1 is 1.36 bits per heavy atom. The molecule has 1 unspecified atom stereocenters. The molecule has 0 amide bonds. The third-order valence-electron chi connectivity index (χ3n) is 3.83. The van der Waals surface area contributed by atoms with E-state index >= 15 is 0 Å². The number of hydrogen-bond donors (Lipinski definition) is 1. The molecule has 0 saturated heterocycles. The molecular formula is C19H16N2O3S. The maximum atomic E-state index is 12.5. The highest BCUT2D eigenvalue weighted by Gasteiger charge is 2.38. The van der Waals surface area contributed by atoms with Gasteiger partial charge in [0.25, 0.3) is 0 Å². The molecule has 2 heterocycles. The van der Waals surface area contributed by atoms with Crippen molar-refractivity contribution in [2.75, 3.05) is 6.61 Å². The molecule has 0 radical (unpaired) electrons. The molecule has 6 heteroatoms. The van der Waals surface area contributed by atoms with Crippen LogP contribution in [0, 0.1) is 11.3 Å². The van der Waals surface area contributed by atoms with Crippen molar-refractivity contribution in [3.8, 4) is 6.07 Å². The number of nitriles is 1. The highest BCUT2D eigenvalue weighted by molar-refractivity contribution is 7.08. The van der Waals surface area contributed by atoms with Crippen molar-refractivity contribution in [1.82, 2.24) is 0 Å². The lowest BCUT2D eigenvalue weighted by Gasteiger charge is -2.27. The van der Waals surface area contributed by atoms with E-state index in [1.54, 1.807) is 6.92 Å². The predicted molar refractivity (Wildman–Crippen MR) is 95.0 cm³/mol. The standard InChI is InChI=1S/C19H16N2O3S/c1-2-23-19(22)16-15(13-8-9-25-11-13)14(10-20)17(24-18(16)21)12-6-4-3-5-7-12/h3-9,11,15H,2,21H2,1H3. The number of nitrogens with zero attached hydrogens (tertiary/aromatic N) is 1. The van der Waals surface area contributed by atoms with E-state index < -0.39 is 11.9 Å². The van der Waals surface area contributed by atoms with Gasteiger partial charge in [-0.2, -0.15) is 16.6 Å². The molecule has 0 aliphatic carbocycles. The minimum absolute atomic E-state index is 0.0347. The number of carbonyl (C=O) groups excluding carboxylic acids is 1. The molecule has 1 aliphatic rings. The SMILES string of the molecule is CCOC(=O)C1=C(N)OC(c2ccccc2)=C(C#N)C1c1ccsc1. The number of ether oxygens (including phenoxy) is 2. The largest absolute Gasteiger partial charge is 0.462 e. The first-order valence-corrected chi connectivity index (χ1v) is 8.68. The lowest BCUT2D eigenvalue weighted by molar-refractivity contribution is -0.139. The summed E-state index contributed by atoms with van der Waals surface area (Å²) in [5, 5.41) is 13.6. The first-order valence-electron chi connectivity index (χ1n) is 7.73. The van der Waals surface area contributed by atoms with Crippen LogP contribution in [0.5, 0.6) is 0 Å². The fourth-order valence-electron chi connectivity index (χ4n) is 2.76. The quantitative estimate of drug-likeness (QED) is 0.851. The zero-order valence-corrected chi connectivity index (χ0v) is 14.4. The number of nitrogens with two attached hydrogens (primary N) is 1. The zero-order valence-electron chi connectivity index (χ0n) is 13.6. The van der Waals surface area contributed by atoms with E-state index in [9.17, 15) is 10.1 Å². The summed E-state index contributed by atoms with van der Waals surface area (Å²) in [6.07, 6.45) is 0. The van der Waals surface area contributed by atoms with E-state index in [0.29, 0.717) is 11.3 Å². The van der Waals surface area contributed by atoms with Gasteiger partial charge in [0.15, 0.2) is 5.76 Å². The highest BCUT2D eigenvalue weighted by Crippen LogP contribution is 2.43. The second kappa shape index (κ2) is 7.24. The van der Waals surface area contributed by atoms with Crippen molar-refractivity contribution in [1.29, 1.82) is 5.26 Å². The monoisotopic (exact) mass is 352 g/mol. The first-order chi connectivity index (χ1) is 12.2. The molecule has 0 fully saturated rings. The average molecular weight is 352 g/mol. The zero-order chi connectivity index (χ0) is 17.8. The van der Waals surface area contributed by atoms with Crippen LogP contribution in [0.4, 0.5) is 0 Å². The van der Waals surface area contributed by atoms with Gasteiger partial charge in [0.05, 0.1) is 24.2 Å². The van der Waals surface area contributed by atoms with E-state index in [1.807, 2.05) is 47.2 Å². The molecule has 126 valence electrons. The number of esters is 1. The molecule has 0 spiro atoms. The van der Waals surface area contributed by atoms with Gasteiger partial charge in [0, 0.05) is 5.56 Å². The van der Waals surface area contributed by atoms with E-state index in [-0.39, 0.29) is 18.1 Å². The van der Waals surface area contributed by atoms with Crippen LogP contribution in [0.25, 0.3) is 5.76 Å². The first kappa shape index (κ1) is 16.8. The van der Waals surface area contributed by atoms with Gasteiger partial charge in [-0.3, -0.25) is 0 Å². The third-order valence-corrected chi connectivity index (χ3v) is 4.53. The van der Waals surface area contributed by atoms with Crippen LogP contribution in [0.2, 0.25) is 0 Å². The van der Waals surface area contributed by atoms with Gasteiger partial charge in [-0.15, -0.1) is 0 Å². The molecule has 5 nitrogen and oxygen atoms in total. The van der Waals surface area contributed by atoms with Gasteiger partial charge >= 0.3 is 5.97 Å². The lowest BCUT2D eigenvalue weighted by atomic mass is 9.83. The van der Waals surface area contributed by atoms with Gasteiger partial charge in [-0.1, -0.05) is 30.3 Å². The Kier molecular flexibility index (Phi) is 4.87. The van der Waals surface area contributed by atoms with Gasteiger partial charge in [0.2, 0.25) is 5.88 Å². The Bertz CT molecular complexity index is 877. The Hall–Kier alpha value is -3.04. The van der Waals surface area contributed by atoms with Crippen LogP contribution in [0.15, 0.2) is 64.2 Å². The number of allylic oxidation sites excluding steroid dienone is 1. The molecule has 0 saturated carbocycles. The summed E-state index contributed by atoms with van der Waals surface area (Å²) in [5.74, 6) is -0.854. The van der Waals surface area contributed by atoms with Crippen molar-refractivity contribution < 1.29 is 14.3 Å². The van der Waals surface area contributed by atoms with Crippen LogP contribution < -0.4 is 5.73 Å². The van der Waals surface area contributed by atoms with Crippen molar-refractivity contribution in [2.45, 2.75) is 12.8 Å². The normalized spacial score (nSPS) is 17.0. The summed E-state index contributed by atoms with van der Waals surface area (Å²) in [7, 11) is 0. The third kappa shape index (κ3) is 3.14. The molecule has 1 atom stereocenters. The van der Waals surface area contributed by atoms with Crippen LogP contribution >= 0.6 is 11.3 Å². The van der Waals surface area contributed by atoms with Gasteiger partial charge in [-0.05, 0) is 29.3 Å². The molecule has 2 aromatic rings. The highest BCUT2D eigenvalue weighted by atomic mass is 32.1. The molecule has 0 bridgehead atoms. The van der Waals surface area contributed by atoms with Crippen molar-refractivity contribution in [3.05, 3.63) is 75.3 Å². The fourth-order valence-corrected chi connectivity index (χ4v) is 3.44. The summed E-state index contributed by atoms with van der Waals surface area (Å²) in [6, 6.07) is 13.3. The van der Waals surface area contributed by atoms with Gasteiger partial charge < -0.3 is 15.2 Å². The summed E-state index contributed by atoms with van der Waals surface area (Å²) >= 11 is 1.48. The Morgan fingerprint density at radius 3 is 2.72 bits per heavy atom. The predicted octanol–water partition coefficient (Wildman–Crippen LogP) is 3.53. The number of carbonyl (C=O) groups is 1. The Labute approximate surface area is 149 Å². The van der Waals surface area contributed by atoms with Crippen molar-refractivity contribution in [2.24, 2.45) is 5.73 Å². The van der Waals surface area contributed by atoms with Crippen LogP contribution in [0.1, 0.15) is 24.0 Å². The molecule has 1 aliphatic heterocycles. The molecule has 3 rings (SSSR count). The topological polar surface area (TPSA) is 85.3 Å². The summed E-state index contributed by atoms with van der Waals surface area (Å²) in [5.41, 5.74) is 8.10. The molecule has 25 heavy (non-hydrogen) atoms. The number of hydrogen-bond acceptors (Lipinski definition) is 6. The molecular weight excluding hydrogens is 336 g/mol. The van der Waals surface area contributed by atoms with Crippen LogP contribution in [-0.4, -0.2) is 12.6 Å². The smallest absolute Gasteiger partial charge is 0.340 e. The summed E-state index contributed by atoms with van der Waals surface area (Å²) in [4.78, 5) is 12.5. The number of thiophene rings is 1. The molecule has 2 N–H and O–H groups in total. The van der Waals surface area contributed by atoms with Gasteiger partial charge in [0.1, 0.15) is 5.57 Å². The Morgan fingerprint density at radius 2 is 2.12 bits per heavy atom. The summed E-state index contributed by atoms with van der Waals surface area (Å²) < 4.78 is 10.8. The van der Waals surface area contributed by atoms with Crippen molar-refractivity contribution in [3.63, 3.8) is 0 Å². The van der Waals surface area contributed by atoms with Crippen molar-refractivity contribution >= 4 is 23.1 Å². The molecule has 1 aromatic heterocycles. The Balaban J connectivity index is 2.19. The van der Waals surface area contributed by atoms with E-state index in [0.717, 1.165) is 11.1 Å². The molecule has 1 aromatic carbocycles. The maximum Gasteiger partial charge on any atom is 0.340 e. The maximum absolute atomic E-state index is 12.5. The van der Waals surface area contributed by atoms with E-state index in [2.05, 4.69) is 6.07 Å². The minimum Gasteiger partial charge on any atom is -0.462 e. The van der Waals surface area contributed by atoms with Crippen LogP contribution in [0.3, 0.4) is 0 Å². The number of rotatable bonds is 4. The van der Waals surface area contributed by atoms with Gasteiger partial charge in [-0.25, -0.2) is 4.79 Å². The lowest BCUT2D eigenvalue weighted by Crippen LogP contribution is -2.26. The fraction of sp³-hybridized carbons (Fsp3) is 0.158. The van der Waals surface area contributed by atoms with E-state index in [4.69, 9.17) is 15.2 Å². The second-order valence-electron chi connectivity index (χ2n) is 5.31. The number of benzene rings is 1. The van der Waals surface area contributed by atoms with Crippen LogP contribution in [-0.2, 0) is 14.3 Å². The average Bonchev–Trinajstić information content (AvgIpc) is 3.16.